The van der Waals surface area contributed by atoms with Crippen LogP contribution in [0.2, 0.25) is 0 Å². The molecular weight excluding hydrogens is 404 g/mol. The Morgan fingerprint density at radius 3 is 2.58 bits per heavy atom. The molecule has 1 N–H and O–H groups in total. The lowest BCUT2D eigenvalue weighted by atomic mass is 10.0. The molecule has 1 unspecified atom stereocenters. The minimum Gasteiger partial charge on any atom is -0.448 e. The van der Waals surface area contributed by atoms with E-state index in [9.17, 15) is 0 Å². The third kappa shape index (κ3) is 5.18. The largest absolute Gasteiger partial charge is 0.448 e. The van der Waals surface area contributed by atoms with Gasteiger partial charge in [-0.2, -0.15) is 4.98 Å². The quantitative estimate of drug-likeness (QED) is 0.309. The van der Waals surface area contributed by atoms with E-state index in [0.717, 1.165) is 29.0 Å². The summed E-state index contributed by atoms with van der Waals surface area (Å²) in [5.41, 5.74) is 4.97. The Morgan fingerprint density at radius 2 is 1.81 bits per heavy atom. The number of fused-ring (bicyclic) bond motifs is 3. The van der Waals surface area contributed by atoms with E-state index in [4.69, 9.17) is 9.72 Å². The minimum atomic E-state index is -0.345. The fourth-order valence-corrected chi connectivity index (χ4v) is 4.38. The molecule has 3 aromatic rings. The second kappa shape index (κ2) is 10.1. The maximum absolute atomic E-state index is 6.37. The number of hydrogen-bond donors (Lipinski definition) is 1. The van der Waals surface area contributed by atoms with E-state index in [-0.39, 0.29) is 6.23 Å². The van der Waals surface area contributed by atoms with Gasteiger partial charge in [0.25, 0.3) is 0 Å². The summed E-state index contributed by atoms with van der Waals surface area (Å²) in [5, 5.41) is 13.1. The summed E-state index contributed by atoms with van der Waals surface area (Å²) in [6, 6.07) is 16.7. The molecule has 0 saturated heterocycles. The highest BCUT2D eigenvalue weighted by Crippen LogP contribution is 2.39. The standard InChI is InChI=1S/C25H30N4OS/c1-4-5-6-9-16-31-25-27-24-22(28-29-25)20-10-7-8-11-21(20)26-23(30-24)19-14-12-18(13-15-19)17(2)3/h7-8,10-15,17,23,26H,4-6,9,16H2,1-3H3. The lowest BCUT2D eigenvalue weighted by molar-refractivity contribution is 0.225. The molecule has 0 bridgehead atoms. The minimum absolute atomic E-state index is 0.345. The van der Waals surface area contributed by atoms with Crippen molar-refractivity contribution in [2.24, 2.45) is 0 Å². The molecule has 162 valence electrons. The molecule has 4 rings (SSSR count). The Hall–Kier alpha value is -2.60. The molecule has 0 aliphatic carbocycles. The molecule has 0 spiro atoms. The third-order valence-electron chi connectivity index (χ3n) is 5.47. The highest BCUT2D eigenvalue weighted by Gasteiger charge is 2.26. The van der Waals surface area contributed by atoms with Gasteiger partial charge in [-0.25, -0.2) is 0 Å². The normalized spacial score (nSPS) is 14.9. The summed E-state index contributed by atoms with van der Waals surface area (Å²) >= 11 is 1.65. The van der Waals surface area contributed by atoms with E-state index in [1.165, 1.54) is 24.8 Å². The van der Waals surface area contributed by atoms with Crippen LogP contribution in [0.4, 0.5) is 5.69 Å². The molecule has 2 heterocycles. The molecule has 1 atom stereocenters. The third-order valence-corrected chi connectivity index (χ3v) is 6.39. The zero-order valence-corrected chi connectivity index (χ0v) is 19.3. The Labute approximate surface area is 189 Å². The predicted molar refractivity (Wildman–Crippen MR) is 128 cm³/mol. The first-order chi connectivity index (χ1) is 15.2. The van der Waals surface area contributed by atoms with Gasteiger partial charge >= 0.3 is 0 Å². The molecule has 1 aliphatic heterocycles. The number of aromatic nitrogens is 3. The van der Waals surface area contributed by atoms with Crippen LogP contribution in [0, 0.1) is 0 Å². The van der Waals surface area contributed by atoms with Gasteiger partial charge in [-0.05, 0) is 24.0 Å². The van der Waals surface area contributed by atoms with E-state index in [0.29, 0.717) is 22.6 Å². The molecule has 31 heavy (non-hydrogen) atoms. The number of hydrogen-bond acceptors (Lipinski definition) is 6. The van der Waals surface area contributed by atoms with Crippen molar-refractivity contribution >= 4 is 17.4 Å². The first-order valence-electron chi connectivity index (χ1n) is 11.2. The van der Waals surface area contributed by atoms with Gasteiger partial charge in [0.15, 0.2) is 11.9 Å². The van der Waals surface area contributed by atoms with Gasteiger partial charge in [-0.1, -0.05) is 94.3 Å². The maximum atomic E-state index is 6.37. The summed E-state index contributed by atoms with van der Waals surface area (Å²) in [5.74, 6) is 2.02. The number of anilines is 1. The first-order valence-corrected chi connectivity index (χ1v) is 12.1. The lowest BCUT2D eigenvalue weighted by Gasteiger charge is -2.20. The fourth-order valence-electron chi connectivity index (χ4n) is 3.61. The highest BCUT2D eigenvalue weighted by molar-refractivity contribution is 7.99. The maximum Gasteiger partial charge on any atom is 0.247 e. The molecule has 0 fully saturated rings. The number of thioether (sulfide) groups is 1. The Morgan fingerprint density at radius 1 is 1.00 bits per heavy atom. The van der Waals surface area contributed by atoms with Gasteiger partial charge < -0.3 is 10.1 Å². The monoisotopic (exact) mass is 434 g/mol. The summed E-state index contributed by atoms with van der Waals surface area (Å²) in [4.78, 5) is 4.74. The van der Waals surface area contributed by atoms with Crippen molar-refractivity contribution in [1.82, 2.24) is 15.2 Å². The van der Waals surface area contributed by atoms with Crippen LogP contribution in [0.15, 0.2) is 53.7 Å². The molecule has 0 radical (unpaired) electrons. The smallest absolute Gasteiger partial charge is 0.247 e. The molecule has 2 aromatic carbocycles. The number of rotatable bonds is 8. The second-order valence-corrected chi connectivity index (χ2v) is 9.23. The van der Waals surface area contributed by atoms with Gasteiger partial charge in [0.05, 0.1) is 0 Å². The molecule has 6 heteroatoms. The fraction of sp³-hybridized carbons (Fsp3) is 0.400. The highest BCUT2D eigenvalue weighted by atomic mass is 32.2. The van der Waals surface area contributed by atoms with Crippen molar-refractivity contribution in [3.05, 3.63) is 59.7 Å². The predicted octanol–water partition coefficient (Wildman–Crippen LogP) is 6.84. The van der Waals surface area contributed by atoms with E-state index in [1.54, 1.807) is 11.8 Å². The topological polar surface area (TPSA) is 59.9 Å². The number of para-hydroxylation sites is 1. The summed E-state index contributed by atoms with van der Waals surface area (Å²) in [7, 11) is 0. The number of nitrogens with one attached hydrogen (secondary N) is 1. The van der Waals surface area contributed by atoms with Crippen molar-refractivity contribution in [2.45, 2.75) is 63.8 Å². The van der Waals surface area contributed by atoms with E-state index in [1.807, 2.05) is 24.3 Å². The van der Waals surface area contributed by atoms with Crippen LogP contribution in [-0.4, -0.2) is 20.9 Å². The lowest BCUT2D eigenvalue weighted by Crippen LogP contribution is -2.17. The van der Waals surface area contributed by atoms with Crippen molar-refractivity contribution in [1.29, 1.82) is 0 Å². The van der Waals surface area contributed by atoms with Crippen LogP contribution in [0.5, 0.6) is 5.88 Å². The average molecular weight is 435 g/mol. The van der Waals surface area contributed by atoms with Crippen LogP contribution >= 0.6 is 11.8 Å². The average Bonchev–Trinajstić information content (AvgIpc) is 2.95. The number of benzene rings is 2. The van der Waals surface area contributed by atoms with E-state index < -0.39 is 0 Å². The van der Waals surface area contributed by atoms with Crippen molar-refractivity contribution < 1.29 is 4.74 Å². The Bertz CT molecular complexity index is 1010. The summed E-state index contributed by atoms with van der Waals surface area (Å²) in [6.07, 6.45) is 4.57. The van der Waals surface area contributed by atoms with Crippen LogP contribution < -0.4 is 10.1 Å². The van der Waals surface area contributed by atoms with Gasteiger partial charge in [0.1, 0.15) is 0 Å². The van der Waals surface area contributed by atoms with Crippen LogP contribution in [0.1, 0.15) is 69.7 Å². The summed E-state index contributed by atoms with van der Waals surface area (Å²) < 4.78 is 6.37. The zero-order valence-electron chi connectivity index (χ0n) is 18.5. The number of ether oxygens (including phenoxy) is 1. The molecule has 0 amide bonds. The van der Waals surface area contributed by atoms with Crippen LogP contribution in [-0.2, 0) is 0 Å². The molecule has 0 saturated carbocycles. The van der Waals surface area contributed by atoms with E-state index in [2.05, 4.69) is 60.6 Å². The number of nitrogens with zero attached hydrogens (tertiary/aromatic N) is 3. The van der Waals surface area contributed by atoms with Crippen LogP contribution in [0.25, 0.3) is 11.3 Å². The van der Waals surface area contributed by atoms with Gasteiger partial charge in [-0.3, -0.25) is 0 Å². The van der Waals surface area contributed by atoms with Gasteiger partial charge in [0.2, 0.25) is 11.0 Å². The molecule has 1 aromatic heterocycles. The van der Waals surface area contributed by atoms with Crippen LogP contribution in [0.3, 0.4) is 0 Å². The Balaban J connectivity index is 1.61. The van der Waals surface area contributed by atoms with Crippen molar-refractivity contribution in [3.63, 3.8) is 0 Å². The van der Waals surface area contributed by atoms with E-state index >= 15 is 0 Å². The molecule has 1 aliphatic rings. The second-order valence-electron chi connectivity index (χ2n) is 8.17. The SMILES string of the molecule is CCCCCCSc1nnc2c(n1)OC(c1ccc(C(C)C)cc1)Nc1ccccc1-2. The van der Waals surface area contributed by atoms with Crippen molar-refractivity contribution in [3.8, 4) is 17.1 Å². The first kappa shape index (κ1) is 21.6. The van der Waals surface area contributed by atoms with Gasteiger partial charge in [-0.15, -0.1) is 10.2 Å². The van der Waals surface area contributed by atoms with Gasteiger partial charge in [0, 0.05) is 22.6 Å². The molecule has 5 nitrogen and oxygen atoms in total. The summed E-state index contributed by atoms with van der Waals surface area (Å²) in [6.45, 7) is 6.63. The number of unbranched alkanes of at least 4 members (excludes halogenated alkanes) is 3. The Kier molecular flexibility index (Phi) is 7.07. The van der Waals surface area contributed by atoms with Crippen molar-refractivity contribution in [2.75, 3.05) is 11.1 Å². The zero-order chi connectivity index (χ0) is 21.6. The molecular formula is C25H30N4OS.